The maximum Gasteiger partial charge on any atom is 0.417 e. The van der Waals surface area contributed by atoms with Crippen molar-refractivity contribution in [3.05, 3.63) is 91.0 Å². The molecule has 0 aromatic heterocycles. The summed E-state index contributed by atoms with van der Waals surface area (Å²) < 4.78 is 39.4. The third-order valence-electron chi connectivity index (χ3n) is 6.17. The summed E-state index contributed by atoms with van der Waals surface area (Å²) in [5, 5.41) is 4.81. The van der Waals surface area contributed by atoms with E-state index < -0.39 is 33.7 Å². The van der Waals surface area contributed by atoms with Gasteiger partial charge in [-0.3, -0.25) is 10.1 Å². The van der Waals surface area contributed by atoms with Crippen LogP contribution in [0.2, 0.25) is 0 Å². The number of esters is 1. The average molecular weight is 575 g/mol. The normalized spacial score (nSPS) is 12.6. The third-order valence-corrected chi connectivity index (χ3v) is 7.63. The lowest BCUT2D eigenvalue weighted by Gasteiger charge is -2.26. The number of nitrogens with one attached hydrogen (secondary N) is 2. The second-order valence-electron chi connectivity index (χ2n) is 11.0. The van der Waals surface area contributed by atoms with Crippen LogP contribution in [-0.2, 0) is 19.6 Å². The molecule has 0 saturated carbocycles. The van der Waals surface area contributed by atoms with Crippen molar-refractivity contribution in [3.8, 4) is 16.9 Å². The lowest BCUT2D eigenvalue weighted by Crippen LogP contribution is -2.47. The van der Waals surface area contributed by atoms with Crippen LogP contribution in [0.15, 0.2) is 95.9 Å². The van der Waals surface area contributed by atoms with Crippen LogP contribution in [0, 0.1) is 5.92 Å². The number of rotatable bonds is 8. The number of fused-ring (bicyclic) bond motifs is 1. The van der Waals surface area contributed by atoms with Crippen LogP contribution in [0.4, 0.5) is 10.5 Å². The van der Waals surface area contributed by atoms with Crippen molar-refractivity contribution < 1.29 is 27.5 Å². The number of hydrogen-bond acceptors (Lipinski definition) is 6. The Bertz CT molecular complexity index is 1640. The van der Waals surface area contributed by atoms with Crippen molar-refractivity contribution >= 4 is 38.5 Å². The standard InChI is InChI=1S/C32H34N2O6S/c1-21(2)29(30(35)40-32(3,4)5)34-41(37,38)28-18-13-24(14-19-28)23-11-16-27(17-12-23)39-31(36)33-26-15-10-22-8-6-7-9-25(22)20-26/h6-21,29,34H,1-5H3,(H,33,36)/t29-/m1/s1. The second-order valence-corrected chi connectivity index (χ2v) is 12.7. The average Bonchev–Trinajstić information content (AvgIpc) is 2.91. The molecule has 214 valence electrons. The molecule has 0 aliphatic heterocycles. The molecule has 0 aliphatic carbocycles. The van der Waals surface area contributed by atoms with Gasteiger partial charge in [-0.15, -0.1) is 0 Å². The molecule has 0 spiro atoms. The summed E-state index contributed by atoms with van der Waals surface area (Å²) in [5.74, 6) is -0.576. The van der Waals surface area contributed by atoms with E-state index >= 15 is 0 Å². The molecule has 1 amide bonds. The van der Waals surface area contributed by atoms with E-state index in [1.165, 1.54) is 12.1 Å². The largest absolute Gasteiger partial charge is 0.459 e. The van der Waals surface area contributed by atoms with Gasteiger partial charge in [-0.25, -0.2) is 13.2 Å². The van der Waals surface area contributed by atoms with Crippen LogP contribution in [0.3, 0.4) is 0 Å². The summed E-state index contributed by atoms with van der Waals surface area (Å²) in [5.41, 5.74) is 1.46. The highest BCUT2D eigenvalue weighted by atomic mass is 32.2. The number of anilines is 1. The van der Waals surface area contributed by atoms with E-state index in [1.807, 2.05) is 42.5 Å². The third kappa shape index (κ3) is 7.93. The van der Waals surface area contributed by atoms with Gasteiger partial charge >= 0.3 is 12.1 Å². The molecule has 4 aromatic rings. The Morgan fingerprint density at radius 3 is 1.95 bits per heavy atom. The highest BCUT2D eigenvalue weighted by molar-refractivity contribution is 7.89. The molecule has 4 rings (SSSR count). The molecule has 0 bridgehead atoms. The molecule has 9 heteroatoms. The predicted molar refractivity (Wildman–Crippen MR) is 160 cm³/mol. The summed E-state index contributed by atoms with van der Waals surface area (Å²) in [4.78, 5) is 25.0. The molecule has 2 N–H and O–H groups in total. The van der Waals surface area contributed by atoms with Gasteiger partial charge in [-0.05, 0) is 85.0 Å². The lowest BCUT2D eigenvalue weighted by atomic mass is 10.1. The Hall–Kier alpha value is -4.21. The first-order chi connectivity index (χ1) is 19.3. The minimum absolute atomic E-state index is 0.0285. The summed E-state index contributed by atoms with van der Waals surface area (Å²) >= 11 is 0. The highest BCUT2D eigenvalue weighted by Crippen LogP contribution is 2.25. The van der Waals surface area contributed by atoms with Gasteiger partial charge in [0.1, 0.15) is 17.4 Å². The lowest BCUT2D eigenvalue weighted by molar-refractivity contribution is -0.158. The molecule has 0 aliphatic rings. The predicted octanol–water partition coefficient (Wildman–Crippen LogP) is 6.76. The Morgan fingerprint density at radius 2 is 1.37 bits per heavy atom. The van der Waals surface area contributed by atoms with Crippen molar-refractivity contribution in [3.63, 3.8) is 0 Å². The minimum atomic E-state index is -3.98. The number of benzene rings is 4. The van der Waals surface area contributed by atoms with Crippen LogP contribution >= 0.6 is 0 Å². The molecule has 0 fully saturated rings. The number of amides is 1. The number of carbonyl (C=O) groups is 2. The van der Waals surface area contributed by atoms with Crippen LogP contribution in [0.25, 0.3) is 21.9 Å². The first-order valence-electron chi connectivity index (χ1n) is 13.2. The number of carbonyl (C=O) groups excluding carboxylic acids is 2. The molecule has 0 radical (unpaired) electrons. The Kier molecular flexibility index (Phi) is 8.80. The summed E-state index contributed by atoms with van der Waals surface area (Å²) in [6.07, 6.45) is -0.610. The van der Waals surface area contributed by atoms with Crippen molar-refractivity contribution in [1.82, 2.24) is 4.72 Å². The maximum atomic E-state index is 13.0. The van der Waals surface area contributed by atoms with Crippen molar-refractivity contribution in [1.29, 1.82) is 0 Å². The first kappa shape index (κ1) is 29.8. The first-order valence-corrected chi connectivity index (χ1v) is 14.7. The van der Waals surface area contributed by atoms with E-state index in [2.05, 4.69) is 10.0 Å². The zero-order valence-electron chi connectivity index (χ0n) is 23.7. The summed E-state index contributed by atoms with van der Waals surface area (Å²) in [7, 11) is -3.98. The van der Waals surface area contributed by atoms with Gasteiger partial charge in [0.15, 0.2) is 0 Å². The van der Waals surface area contributed by atoms with E-state index in [9.17, 15) is 18.0 Å². The van der Waals surface area contributed by atoms with E-state index in [0.717, 1.165) is 21.9 Å². The van der Waals surface area contributed by atoms with E-state index in [4.69, 9.17) is 9.47 Å². The molecular weight excluding hydrogens is 540 g/mol. The SMILES string of the molecule is CC(C)[C@@H](NS(=O)(=O)c1ccc(-c2ccc(OC(=O)Nc3ccc4ccccc4c3)cc2)cc1)C(=O)OC(C)(C)C. The molecule has 4 aromatic carbocycles. The molecule has 0 heterocycles. The molecule has 0 saturated heterocycles. The van der Waals surface area contributed by atoms with Gasteiger partial charge in [-0.2, -0.15) is 4.72 Å². The monoisotopic (exact) mass is 574 g/mol. The highest BCUT2D eigenvalue weighted by Gasteiger charge is 2.32. The fourth-order valence-corrected chi connectivity index (χ4v) is 5.45. The Labute approximate surface area is 240 Å². The molecule has 8 nitrogen and oxygen atoms in total. The topological polar surface area (TPSA) is 111 Å². The fourth-order valence-electron chi connectivity index (χ4n) is 4.12. The Morgan fingerprint density at radius 1 is 0.780 bits per heavy atom. The smallest absolute Gasteiger partial charge is 0.417 e. The van der Waals surface area contributed by atoms with Crippen molar-refractivity contribution in [2.45, 2.75) is 51.2 Å². The zero-order valence-corrected chi connectivity index (χ0v) is 24.5. The number of sulfonamides is 1. The molecule has 41 heavy (non-hydrogen) atoms. The van der Waals surface area contributed by atoms with Crippen molar-refractivity contribution in [2.24, 2.45) is 5.92 Å². The molecule has 0 unspecified atom stereocenters. The maximum absolute atomic E-state index is 13.0. The van der Waals surface area contributed by atoms with Gasteiger partial charge in [0, 0.05) is 5.69 Å². The van der Waals surface area contributed by atoms with Gasteiger partial charge < -0.3 is 9.47 Å². The fraction of sp³-hybridized carbons (Fsp3) is 0.250. The van der Waals surface area contributed by atoms with Gasteiger partial charge in [0.25, 0.3) is 0 Å². The Balaban J connectivity index is 1.39. The minimum Gasteiger partial charge on any atom is -0.459 e. The molecule has 1 atom stereocenters. The van der Waals surface area contributed by atoms with Crippen LogP contribution in [0.5, 0.6) is 5.75 Å². The quantitative estimate of drug-likeness (QED) is 0.225. The van der Waals surface area contributed by atoms with E-state index in [0.29, 0.717) is 11.4 Å². The van der Waals surface area contributed by atoms with Crippen LogP contribution in [-0.4, -0.2) is 32.1 Å². The van der Waals surface area contributed by atoms with E-state index in [-0.39, 0.29) is 10.8 Å². The molecular formula is C32H34N2O6S. The van der Waals surface area contributed by atoms with Crippen LogP contribution < -0.4 is 14.8 Å². The van der Waals surface area contributed by atoms with Gasteiger partial charge in [0.2, 0.25) is 10.0 Å². The number of ether oxygens (including phenoxy) is 2. The van der Waals surface area contributed by atoms with Crippen LogP contribution in [0.1, 0.15) is 34.6 Å². The van der Waals surface area contributed by atoms with Gasteiger partial charge in [-0.1, -0.05) is 68.4 Å². The second kappa shape index (κ2) is 12.1. The van der Waals surface area contributed by atoms with Gasteiger partial charge in [0.05, 0.1) is 4.90 Å². The summed E-state index contributed by atoms with van der Waals surface area (Å²) in [6.45, 7) is 8.70. The summed E-state index contributed by atoms with van der Waals surface area (Å²) in [6, 6.07) is 25.6. The zero-order chi connectivity index (χ0) is 29.8. The van der Waals surface area contributed by atoms with Crippen molar-refractivity contribution in [2.75, 3.05) is 5.32 Å². The number of hydrogen-bond donors (Lipinski definition) is 2. The van der Waals surface area contributed by atoms with E-state index in [1.54, 1.807) is 71.0 Å².